The largest absolute Gasteiger partial charge is 0.398 e. The molecule has 4 nitrogen and oxygen atoms in total. The highest BCUT2D eigenvalue weighted by Crippen LogP contribution is 2.37. The predicted molar refractivity (Wildman–Crippen MR) is 93.9 cm³/mol. The summed E-state index contributed by atoms with van der Waals surface area (Å²) in [6.45, 7) is 0. The number of nitrogens with zero attached hydrogens (tertiary/aromatic N) is 2. The van der Waals surface area contributed by atoms with Gasteiger partial charge in [0.1, 0.15) is 0 Å². The Balaban J connectivity index is 2.11. The average molecular weight is 302 g/mol. The second kappa shape index (κ2) is 5.47. The zero-order valence-corrected chi connectivity index (χ0v) is 12.8. The second-order valence-corrected chi connectivity index (χ2v) is 5.97. The van der Waals surface area contributed by atoms with Crippen molar-refractivity contribution >= 4 is 22.8 Å². The summed E-state index contributed by atoms with van der Waals surface area (Å²) in [7, 11) is 0. The van der Waals surface area contributed by atoms with E-state index in [1.54, 1.807) is 6.20 Å². The average Bonchev–Trinajstić information content (AvgIpc) is 2.62. The molecule has 1 aromatic carbocycles. The molecule has 0 saturated carbocycles. The third-order valence-electron chi connectivity index (χ3n) is 4.62. The number of nitrogens with one attached hydrogen (secondary N) is 1. The molecule has 3 aromatic rings. The molecular formula is C19H18N4. The van der Waals surface area contributed by atoms with Crippen LogP contribution in [0.5, 0.6) is 0 Å². The number of nitrogen functional groups attached to an aromatic ring is 1. The minimum atomic E-state index is 0.649. The molecule has 23 heavy (non-hydrogen) atoms. The van der Waals surface area contributed by atoms with Crippen molar-refractivity contribution < 1.29 is 0 Å². The van der Waals surface area contributed by atoms with Gasteiger partial charge in [0.25, 0.3) is 0 Å². The Hall–Kier alpha value is -2.75. The fourth-order valence-electron chi connectivity index (χ4n) is 3.56. The molecule has 1 aliphatic rings. The fraction of sp³-hybridized carbons (Fsp3) is 0.211. The fourth-order valence-corrected chi connectivity index (χ4v) is 3.56. The van der Waals surface area contributed by atoms with Gasteiger partial charge in [0.05, 0.1) is 11.2 Å². The molecule has 0 saturated heterocycles. The summed E-state index contributed by atoms with van der Waals surface area (Å²) in [5, 5.41) is 8.82. The van der Waals surface area contributed by atoms with Gasteiger partial charge < -0.3 is 11.1 Å². The first kappa shape index (κ1) is 13.9. The molecular weight excluding hydrogens is 284 g/mol. The van der Waals surface area contributed by atoms with Crippen molar-refractivity contribution in [2.45, 2.75) is 25.7 Å². The van der Waals surface area contributed by atoms with Crippen molar-refractivity contribution in [3.8, 4) is 11.3 Å². The maximum absolute atomic E-state index is 7.76. The van der Waals surface area contributed by atoms with Crippen LogP contribution in [0.3, 0.4) is 0 Å². The lowest BCUT2D eigenvalue weighted by molar-refractivity contribution is 0.689. The van der Waals surface area contributed by atoms with Crippen LogP contribution in [0, 0.1) is 5.41 Å². The third kappa shape index (κ3) is 2.18. The Morgan fingerprint density at radius 2 is 1.91 bits per heavy atom. The van der Waals surface area contributed by atoms with Crippen molar-refractivity contribution in [3.63, 3.8) is 0 Å². The van der Waals surface area contributed by atoms with Crippen LogP contribution in [0.25, 0.3) is 22.2 Å². The van der Waals surface area contributed by atoms with Gasteiger partial charge in [0.15, 0.2) is 0 Å². The van der Waals surface area contributed by atoms with E-state index in [-0.39, 0.29) is 0 Å². The predicted octanol–water partition coefficient (Wildman–Crippen LogP) is 3.76. The standard InChI is InChI=1S/C19H18N4/c20-10-15-16(21)7-8-17-18(15)13-5-1-2-6-14(13)19(23-17)12-4-3-9-22-11-12/h3-4,7-11,20H,1-2,5-6,21H2. The summed E-state index contributed by atoms with van der Waals surface area (Å²) in [5.41, 5.74) is 13.1. The van der Waals surface area contributed by atoms with Crippen molar-refractivity contribution in [1.82, 2.24) is 9.97 Å². The monoisotopic (exact) mass is 302 g/mol. The molecule has 0 fully saturated rings. The van der Waals surface area contributed by atoms with E-state index in [2.05, 4.69) is 11.1 Å². The topological polar surface area (TPSA) is 75.7 Å². The summed E-state index contributed by atoms with van der Waals surface area (Å²) >= 11 is 0. The summed E-state index contributed by atoms with van der Waals surface area (Å²) in [5.74, 6) is 0. The van der Waals surface area contributed by atoms with Crippen LogP contribution in [0.1, 0.15) is 29.5 Å². The number of anilines is 1. The van der Waals surface area contributed by atoms with E-state index < -0.39 is 0 Å². The number of hydrogen-bond acceptors (Lipinski definition) is 4. The second-order valence-electron chi connectivity index (χ2n) is 5.97. The van der Waals surface area contributed by atoms with Crippen LogP contribution in [0.2, 0.25) is 0 Å². The number of rotatable bonds is 2. The van der Waals surface area contributed by atoms with Gasteiger partial charge in [-0.05, 0) is 61.1 Å². The molecule has 2 aromatic heterocycles. The van der Waals surface area contributed by atoms with E-state index in [0.29, 0.717) is 5.69 Å². The zero-order chi connectivity index (χ0) is 15.8. The van der Waals surface area contributed by atoms with Gasteiger partial charge in [-0.3, -0.25) is 4.98 Å². The SMILES string of the molecule is N=Cc1c(N)ccc2nc(-c3cccnc3)c3c(c12)CCCC3. The van der Waals surface area contributed by atoms with Crippen molar-refractivity contribution in [3.05, 3.63) is 53.3 Å². The van der Waals surface area contributed by atoms with E-state index in [1.807, 2.05) is 24.4 Å². The van der Waals surface area contributed by atoms with Crippen LogP contribution in [-0.2, 0) is 12.8 Å². The Bertz CT molecular complexity index is 900. The highest BCUT2D eigenvalue weighted by molar-refractivity contribution is 6.05. The number of aryl methyl sites for hydroxylation is 1. The minimum absolute atomic E-state index is 0.649. The van der Waals surface area contributed by atoms with Crippen LogP contribution >= 0.6 is 0 Å². The summed E-state index contributed by atoms with van der Waals surface area (Å²) < 4.78 is 0. The van der Waals surface area contributed by atoms with Crippen molar-refractivity contribution in [1.29, 1.82) is 5.41 Å². The molecule has 2 heterocycles. The summed E-state index contributed by atoms with van der Waals surface area (Å²) in [6.07, 6.45) is 9.40. The highest BCUT2D eigenvalue weighted by Gasteiger charge is 2.21. The van der Waals surface area contributed by atoms with Gasteiger partial charge in [0.2, 0.25) is 0 Å². The molecule has 0 spiro atoms. The van der Waals surface area contributed by atoms with E-state index in [4.69, 9.17) is 16.1 Å². The number of fused-ring (bicyclic) bond motifs is 3. The Labute approximate surface area is 134 Å². The first-order chi connectivity index (χ1) is 11.3. The van der Waals surface area contributed by atoms with E-state index >= 15 is 0 Å². The lowest BCUT2D eigenvalue weighted by Gasteiger charge is -2.22. The van der Waals surface area contributed by atoms with Crippen LogP contribution in [0.4, 0.5) is 5.69 Å². The van der Waals surface area contributed by atoms with Crippen LogP contribution < -0.4 is 5.73 Å². The minimum Gasteiger partial charge on any atom is -0.398 e. The Kier molecular flexibility index (Phi) is 3.30. The maximum Gasteiger partial charge on any atom is 0.0759 e. The van der Waals surface area contributed by atoms with Crippen molar-refractivity contribution in [2.75, 3.05) is 5.73 Å². The van der Waals surface area contributed by atoms with Gasteiger partial charge in [0, 0.05) is 40.8 Å². The van der Waals surface area contributed by atoms with Gasteiger partial charge in [-0.1, -0.05) is 0 Å². The van der Waals surface area contributed by atoms with Gasteiger partial charge in [-0.25, -0.2) is 4.98 Å². The number of hydrogen-bond donors (Lipinski definition) is 2. The van der Waals surface area contributed by atoms with Crippen molar-refractivity contribution in [2.24, 2.45) is 0 Å². The maximum atomic E-state index is 7.76. The summed E-state index contributed by atoms with van der Waals surface area (Å²) in [4.78, 5) is 9.15. The normalized spacial score (nSPS) is 13.7. The first-order valence-corrected chi connectivity index (χ1v) is 7.94. The molecule has 4 heteroatoms. The zero-order valence-electron chi connectivity index (χ0n) is 12.8. The molecule has 4 rings (SSSR count). The third-order valence-corrected chi connectivity index (χ3v) is 4.62. The first-order valence-electron chi connectivity index (χ1n) is 7.94. The van der Waals surface area contributed by atoms with Crippen LogP contribution in [-0.4, -0.2) is 16.2 Å². The molecule has 0 atom stereocenters. The molecule has 3 N–H and O–H groups in total. The Morgan fingerprint density at radius 1 is 1.09 bits per heavy atom. The summed E-state index contributed by atoms with van der Waals surface area (Å²) in [6, 6.07) is 7.82. The number of benzene rings is 1. The highest BCUT2D eigenvalue weighted by atomic mass is 14.7. The van der Waals surface area contributed by atoms with Gasteiger partial charge in [-0.2, -0.15) is 0 Å². The molecule has 0 bridgehead atoms. The molecule has 0 amide bonds. The lowest BCUT2D eigenvalue weighted by Crippen LogP contribution is -2.09. The van der Waals surface area contributed by atoms with E-state index in [0.717, 1.165) is 40.6 Å². The molecule has 1 aliphatic carbocycles. The molecule has 114 valence electrons. The van der Waals surface area contributed by atoms with E-state index in [1.165, 1.54) is 30.2 Å². The quantitative estimate of drug-likeness (QED) is 0.559. The molecule has 0 unspecified atom stereocenters. The lowest BCUT2D eigenvalue weighted by atomic mass is 9.85. The number of pyridine rings is 2. The smallest absolute Gasteiger partial charge is 0.0759 e. The van der Waals surface area contributed by atoms with Crippen LogP contribution in [0.15, 0.2) is 36.7 Å². The number of aromatic nitrogens is 2. The van der Waals surface area contributed by atoms with E-state index in [9.17, 15) is 0 Å². The molecule has 0 radical (unpaired) electrons. The molecule has 0 aliphatic heterocycles. The number of nitrogens with two attached hydrogens (primary N) is 1. The van der Waals surface area contributed by atoms with Gasteiger partial charge >= 0.3 is 0 Å². The van der Waals surface area contributed by atoms with Gasteiger partial charge in [-0.15, -0.1) is 0 Å². The Morgan fingerprint density at radius 3 is 2.65 bits per heavy atom.